The fraction of sp³-hybridized carbons (Fsp3) is 0.200. The largest absolute Gasteiger partial charge is 0.478 e. The van der Waals surface area contributed by atoms with Gasteiger partial charge in [0.1, 0.15) is 0 Å². The van der Waals surface area contributed by atoms with Crippen LogP contribution in [0.4, 0.5) is 10.5 Å². The fourth-order valence-electron chi connectivity index (χ4n) is 1.03. The van der Waals surface area contributed by atoms with E-state index in [0.717, 1.165) is 0 Å². The molecule has 0 spiro atoms. The highest BCUT2D eigenvalue weighted by Crippen LogP contribution is 2.09. The van der Waals surface area contributed by atoms with Crippen molar-refractivity contribution in [3.63, 3.8) is 0 Å². The third-order valence-corrected chi connectivity index (χ3v) is 1.73. The number of carboxylic acid groups (broad SMARTS) is 1. The topological polar surface area (TPSA) is 78.4 Å². The smallest absolute Gasteiger partial charge is 0.335 e. The molecular weight excluding hydrogens is 196 g/mol. The monoisotopic (exact) mass is 208 g/mol. The molecule has 80 valence electrons. The van der Waals surface area contributed by atoms with E-state index in [9.17, 15) is 9.59 Å². The molecule has 5 nitrogen and oxygen atoms in total. The predicted molar refractivity (Wildman–Crippen MR) is 56.1 cm³/mol. The van der Waals surface area contributed by atoms with Gasteiger partial charge in [-0.15, -0.1) is 0 Å². The van der Waals surface area contributed by atoms with Crippen LogP contribution in [-0.4, -0.2) is 23.7 Å². The minimum Gasteiger partial charge on any atom is -0.478 e. The van der Waals surface area contributed by atoms with Crippen molar-refractivity contribution in [2.45, 2.75) is 6.92 Å². The summed E-state index contributed by atoms with van der Waals surface area (Å²) in [5.41, 5.74) is 0.752. The van der Waals surface area contributed by atoms with Crippen molar-refractivity contribution < 1.29 is 14.7 Å². The van der Waals surface area contributed by atoms with Crippen LogP contribution in [0.1, 0.15) is 17.3 Å². The second-order valence-corrected chi connectivity index (χ2v) is 2.87. The molecule has 1 aromatic carbocycles. The number of hydrogen-bond acceptors (Lipinski definition) is 2. The molecule has 2 amide bonds. The zero-order chi connectivity index (χ0) is 11.3. The van der Waals surface area contributed by atoms with E-state index in [-0.39, 0.29) is 11.6 Å². The molecule has 0 heterocycles. The SMILES string of the molecule is CCNC(=O)Nc1ccc(C(=O)O)cc1. The van der Waals surface area contributed by atoms with Crippen molar-refractivity contribution >= 4 is 17.7 Å². The molecule has 1 rings (SSSR count). The normalized spacial score (nSPS) is 9.40. The summed E-state index contributed by atoms with van der Waals surface area (Å²) < 4.78 is 0. The lowest BCUT2D eigenvalue weighted by Crippen LogP contribution is -2.28. The van der Waals surface area contributed by atoms with Gasteiger partial charge in [0.2, 0.25) is 0 Å². The number of carboxylic acids is 1. The van der Waals surface area contributed by atoms with Crippen LogP contribution in [0.5, 0.6) is 0 Å². The Balaban J connectivity index is 2.64. The Labute approximate surface area is 87.1 Å². The Kier molecular flexibility index (Phi) is 3.68. The molecule has 0 fully saturated rings. The Morgan fingerprint density at radius 3 is 2.33 bits per heavy atom. The van der Waals surface area contributed by atoms with Crippen LogP contribution in [0, 0.1) is 0 Å². The minimum atomic E-state index is -0.987. The van der Waals surface area contributed by atoms with Crippen LogP contribution < -0.4 is 10.6 Å². The maximum atomic E-state index is 11.1. The van der Waals surface area contributed by atoms with Gasteiger partial charge in [-0.25, -0.2) is 9.59 Å². The van der Waals surface area contributed by atoms with Gasteiger partial charge in [0.25, 0.3) is 0 Å². The van der Waals surface area contributed by atoms with Crippen molar-refractivity contribution in [1.29, 1.82) is 0 Å². The van der Waals surface area contributed by atoms with Gasteiger partial charge in [0.05, 0.1) is 5.56 Å². The summed E-state index contributed by atoms with van der Waals surface area (Å²) in [5.74, 6) is -0.987. The quantitative estimate of drug-likeness (QED) is 0.704. The van der Waals surface area contributed by atoms with Gasteiger partial charge in [0, 0.05) is 12.2 Å². The fourth-order valence-corrected chi connectivity index (χ4v) is 1.03. The van der Waals surface area contributed by atoms with Crippen molar-refractivity contribution in [1.82, 2.24) is 5.32 Å². The lowest BCUT2D eigenvalue weighted by atomic mass is 10.2. The third kappa shape index (κ3) is 3.30. The predicted octanol–water partition coefficient (Wildman–Crippen LogP) is 1.53. The lowest BCUT2D eigenvalue weighted by molar-refractivity contribution is 0.0697. The standard InChI is InChI=1S/C10H12N2O3/c1-2-11-10(15)12-8-5-3-7(4-6-8)9(13)14/h3-6H,2H2,1H3,(H,13,14)(H2,11,12,15). The summed E-state index contributed by atoms with van der Waals surface area (Å²) in [6.45, 7) is 2.35. The van der Waals surface area contributed by atoms with E-state index in [1.165, 1.54) is 12.1 Å². The summed E-state index contributed by atoms with van der Waals surface area (Å²) in [4.78, 5) is 21.6. The number of nitrogens with one attached hydrogen (secondary N) is 2. The third-order valence-electron chi connectivity index (χ3n) is 1.73. The van der Waals surface area contributed by atoms with E-state index < -0.39 is 5.97 Å². The Bertz CT molecular complexity index is 359. The molecule has 5 heteroatoms. The van der Waals surface area contributed by atoms with Gasteiger partial charge in [-0.05, 0) is 31.2 Å². The molecule has 0 atom stereocenters. The number of benzene rings is 1. The van der Waals surface area contributed by atoms with Crippen LogP contribution in [0.15, 0.2) is 24.3 Å². The molecule has 0 saturated carbocycles. The number of urea groups is 1. The number of carbonyl (C=O) groups excluding carboxylic acids is 1. The summed E-state index contributed by atoms with van der Waals surface area (Å²) in [5, 5.41) is 13.8. The van der Waals surface area contributed by atoms with E-state index in [1.54, 1.807) is 12.1 Å². The summed E-state index contributed by atoms with van der Waals surface area (Å²) >= 11 is 0. The Hall–Kier alpha value is -2.04. The highest BCUT2D eigenvalue weighted by Gasteiger charge is 2.03. The van der Waals surface area contributed by atoms with E-state index in [2.05, 4.69) is 10.6 Å². The molecule has 0 aromatic heterocycles. The number of amides is 2. The highest BCUT2D eigenvalue weighted by atomic mass is 16.4. The highest BCUT2D eigenvalue weighted by molar-refractivity contribution is 5.91. The molecule has 0 bridgehead atoms. The first-order chi connectivity index (χ1) is 7.13. The average Bonchev–Trinajstić information content (AvgIpc) is 2.18. The number of hydrogen-bond donors (Lipinski definition) is 3. The van der Waals surface area contributed by atoms with Crippen LogP contribution in [-0.2, 0) is 0 Å². The van der Waals surface area contributed by atoms with Crippen molar-refractivity contribution in [3.8, 4) is 0 Å². The van der Waals surface area contributed by atoms with Crippen LogP contribution in [0.3, 0.4) is 0 Å². The first-order valence-corrected chi connectivity index (χ1v) is 4.51. The lowest BCUT2D eigenvalue weighted by Gasteiger charge is -2.05. The maximum absolute atomic E-state index is 11.1. The zero-order valence-corrected chi connectivity index (χ0v) is 8.28. The summed E-state index contributed by atoms with van der Waals surface area (Å²) in [6, 6.07) is 5.64. The molecule has 0 aliphatic carbocycles. The Morgan fingerprint density at radius 1 is 1.27 bits per heavy atom. The average molecular weight is 208 g/mol. The molecule has 1 aromatic rings. The molecular formula is C10H12N2O3. The Morgan fingerprint density at radius 2 is 1.87 bits per heavy atom. The number of anilines is 1. The molecule has 0 aliphatic heterocycles. The van der Waals surface area contributed by atoms with E-state index in [4.69, 9.17) is 5.11 Å². The molecule has 0 aliphatic rings. The second-order valence-electron chi connectivity index (χ2n) is 2.87. The van der Waals surface area contributed by atoms with E-state index in [0.29, 0.717) is 12.2 Å². The van der Waals surface area contributed by atoms with E-state index in [1.807, 2.05) is 6.92 Å². The number of rotatable bonds is 3. The molecule has 0 saturated heterocycles. The first kappa shape index (κ1) is 11.0. The maximum Gasteiger partial charge on any atom is 0.335 e. The van der Waals surface area contributed by atoms with Gasteiger partial charge >= 0.3 is 12.0 Å². The summed E-state index contributed by atoms with van der Waals surface area (Å²) in [7, 11) is 0. The molecule has 0 unspecified atom stereocenters. The van der Waals surface area contributed by atoms with Crippen LogP contribution in [0.2, 0.25) is 0 Å². The van der Waals surface area contributed by atoms with Gasteiger partial charge in [-0.1, -0.05) is 0 Å². The first-order valence-electron chi connectivity index (χ1n) is 4.51. The van der Waals surface area contributed by atoms with E-state index >= 15 is 0 Å². The van der Waals surface area contributed by atoms with Gasteiger partial charge in [0.15, 0.2) is 0 Å². The van der Waals surface area contributed by atoms with Gasteiger partial charge in [-0.3, -0.25) is 0 Å². The number of aromatic carboxylic acids is 1. The van der Waals surface area contributed by atoms with Crippen molar-refractivity contribution in [2.75, 3.05) is 11.9 Å². The van der Waals surface area contributed by atoms with Crippen LogP contribution in [0.25, 0.3) is 0 Å². The van der Waals surface area contributed by atoms with Gasteiger partial charge in [-0.2, -0.15) is 0 Å². The molecule has 0 radical (unpaired) electrons. The molecule has 3 N–H and O–H groups in total. The van der Waals surface area contributed by atoms with Crippen LogP contribution >= 0.6 is 0 Å². The summed E-state index contributed by atoms with van der Waals surface area (Å²) in [6.07, 6.45) is 0. The zero-order valence-electron chi connectivity index (χ0n) is 8.28. The van der Waals surface area contributed by atoms with Gasteiger partial charge < -0.3 is 15.7 Å². The minimum absolute atomic E-state index is 0.191. The molecule has 15 heavy (non-hydrogen) atoms. The van der Waals surface area contributed by atoms with Crippen molar-refractivity contribution in [3.05, 3.63) is 29.8 Å². The second kappa shape index (κ2) is 4.99. The number of carbonyl (C=O) groups is 2. The van der Waals surface area contributed by atoms with Crippen molar-refractivity contribution in [2.24, 2.45) is 0 Å².